The van der Waals surface area contributed by atoms with Crippen LogP contribution in [0.5, 0.6) is 0 Å². The van der Waals surface area contributed by atoms with E-state index in [0.717, 1.165) is 3.57 Å². The van der Waals surface area contributed by atoms with Gasteiger partial charge in [-0.05, 0) is 53.8 Å². The van der Waals surface area contributed by atoms with Crippen LogP contribution < -0.4 is 5.32 Å². The van der Waals surface area contributed by atoms with Crippen LogP contribution in [0.4, 0.5) is 18.9 Å². The topological polar surface area (TPSA) is 49.3 Å². The average Bonchev–Trinajstić information content (AvgIpc) is 2.19. The van der Waals surface area contributed by atoms with Gasteiger partial charge in [-0.15, -0.1) is 0 Å². The Hall–Kier alpha value is -0.830. The fraction of sp³-hybridized carbons (Fsp3) is 0.364. The molecule has 0 heterocycles. The van der Waals surface area contributed by atoms with Gasteiger partial charge in [0.25, 0.3) is 0 Å². The summed E-state index contributed by atoms with van der Waals surface area (Å²) in [6.07, 6.45) is -5.88. The highest BCUT2D eigenvalue weighted by atomic mass is 127. The van der Waals surface area contributed by atoms with E-state index in [9.17, 15) is 18.0 Å². The van der Waals surface area contributed by atoms with E-state index in [-0.39, 0.29) is 0 Å². The van der Waals surface area contributed by atoms with Crippen molar-refractivity contribution >= 4 is 34.2 Å². The van der Waals surface area contributed by atoms with Crippen molar-refractivity contribution in [2.75, 3.05) is 5.32 Å². The van der Waals surface area contributed by atoms with Crippen LogP contribution in [0, 0.1) is 3.57 Å². The standard InChI is InChI=1S/C11H11F3INO2/c1-10(18,11(12,13)14)6-9(17)16-8-4-2-7(15)3-5-8/h2-5,18H,6H2,1H3,(H,16,17)/t10-/m0/s1. The van der Waals surface area contributed by atoms with E-state index in [2.05, 4.69) is 27.9 Å². The van der Waals surface area contributed by atoms with Crippen LogP contribution in [-0.2, 0) is 4.79 Å². The summed E-state index contributed by atoms with van der Waals surface area (Å²) in [5.74, 6) is -0.890. The number of anilines is 1. The van der Waals surface area contributed by atoms with Crippen LogP contribution in [-0.4, -0.2) is 22.8 Å². The summed E-state index contributed by atoms with van der Waals surface area (Å²) in [6, 6.07) is 6.56. The van der Waals surface area contributed by atoms with Gasteiger partial charge in [0.15, 0.2) is 5.60 Å². The van der Waals surface area contributed by atoms with Crippen LogP contribution in [0.3, 0.4) is 0 Å². The highest BCUT2D eigenvalue weighted by Crippen LogP contribution is 2.32. The van der Waals surface area contributed by atoms with Crippen molar-refractivity contribution in [2.45, 2.75) is 25.1 Å². The van der Waals surface area contributed by atoms with Crippen LogP contribution in [0.1, 0.15) is 13.3 Å². The van der Waals surface area contributed by atoms with Gasteiger partial charge in [0.1, 0.15) is 0 Å². The molecule has 0 aliphatic carbocycles. The Morgan fingerprint density at radius 3 is 2.28 bits per heavy atom. The molecule has 0 unspecified atom stereocenters. The number of hydrogen-bond acceptors (Lipinski definition) is 2. The fourth-order valence-corrected chi connectivity index (χ4v) is 1.51. The molecule has 2 N–H and O–H groups in total. The van der Waals surface area contributed by atoms with Gasteiger partial charge < -0.3 is 10.4 Å². The van der Waals surface area contributed by atoms with Crippen molar-refractivity contribution in [3.63, 3.8) is 0 Å². The first-order valence-corrected chi connectivity index (χ1v) is 6.04. The maximum atomic E-state index is 12.4. The second-order valence-electron chi connectivity index (χ2n) is 4.00. The minimum absolute atomic E-state index is 0.387. The minimum atomic E-state index is -4.84. The number of amides is 1. The Kier molecular flexibility index (Phi) is 4.60. The lowest BCUT2D eigenvalue weighted by Crippen LogP contribution is -2.44. The Morgan fingerprint density at radius 1 is 1.33 bits per heavy atom. The van der Waals surface area contributed by atoms with Crippen molar-refractivity contribution in [2.24, 2.45) is 0 Å². The van der Waals surface area contributed by atoms with Gasteiger partial charge in [-0.1, -0.05) is 0 Å². The molecule has 0 aliphatic rings. The molecule has 1 aromatic rings. The zero-order valence-corrected chi connectivity index (χ0v) is 11.5. The molecule has 0 bridgehead atoms. The van der Waals surface area contributed by atoms with Crippen molar-refractivity contribution < 1.29 is 23.1 Å². The summed E-state index contributed by atoms with van der Waals surface area (Å²) < 4.78 is 38.0. The number of rotatable bonds is 3. The molecular formula is C11H11F3INO2. The summed E-state index contributed by atoms with van der Waals surface area (Å²) in [5.41, 5.74) is -2.64. The molecular weight excluding hydrogens is 362 g/mol. The highest BCUT2D eigenvalue weighted by Gasteiger charge is 2.50. The largest absolute Gasteiger partial charge is 0.417 e. The van der Waals surface area contributed by atoms with Crippen molar-refractivity contribution in [1.82, 2.24) is 0 Å². The SMILES string of the molecule is C[C@](O)(CC(=O)Nc1ccc(I)cc1)C(F)(F)F. The van der Waals surface area contributed by atoms with E-state index in [4.69, 9.17) is 5.11 Å². The van der Waals surface area contributed by atoms with Gasteiger partial charge in [0, 0.05) is 9.26 Å². The predicted molar refractivity (Wildman–Crippen MR) is 69.1 cm³/mol. The number of aliphatic hydroxyl groups is 1. The van der Waals surface area contributed by atoms with Crippen LogP contribution >= 0.6 is 22.6 Å². The number of carbonyl (C=O) groups excluding carboxylic acids is 1. The summed E-state index contributed by atoms with van der Waals surface area (Å²) in [4.78, 5) is 11.4. The predicted octanol–water partition coefficient (Wildman–Crippen LogP) is 2.93. The minimum Gasteiger partial charge on any atom is -0.380 e. The van der Waals surface area contributed by atoms with Crippen LogP contribution in [0.15, 0.2) is 24.3 Å². The average molecular weight is 373 g/mol. The normalized spacial score (nSPS) is 15.0. The number of benzene rings is 1. The molecule has 0 saturated carbocycles. The number of carbonyl (C=O) groups is 1. The maximum Gasteiger partial charge on any atom is 0.417 e. The lowest BCUT2D eigenvalue weighted by molar-refractivity contribution is -0.252. The number of alkyl halides is 3. The second-order valence-corrected chi connectivity index (χ2v) is 5.25. The lowest BCUT2D eigenvalue weighted by Gasteiger charge is -2.25. The highest BCUT2D eigenvalue weighted by molar-refractivity contribution is 14.1. The first-order valence-electron chi connectivity index (χ1n) is 4.96. The zero-order chi connectivity index (χ0) is 14.0. The molecule has 1 rings (SSSR count). The molecule has 0 aromatic heterocycles. The molecule has 1 atom stereocenters. The molecule has 0 radical (unpaired) electrons. The van der Waals surface area contributed by atoms with Gasteiger partial charge in [0.2, 0.25) is 5.91 Å². The Morgan fingerprint density at radius 2 is 1.83 bits per heavy atom. The second kappa shape index (κ2) is 5.43. The number of hydrogen-bond donors (Lipinski definition) is 2. The maximum absolute atomic E-state index is 12.4. The van der Waals surface area contributed by atoms with Crippen molar-refractivity contribution in [3.05, 3.63) is 27.8 Å². The molecule has 0 saturated heterocycles. The van der Waals surface area contributed by atoms with E-state index >= 15 is 0 Å². The molecule has 100 valence electrons. The quantitative estimate of drug-likeness (QED) is 0.801. The van der Waals surface area contributed by atoms with E-state index in [0.29, 0.717) is 12.6 Å². The molecule has 3 nitrogen and oxygen atoms in total. The van der Waals surface area contributed by atoms with Crippen LogP contribution in [0.25, 0.3) is 0 Å². The summed E-state index contributed by atoms with van der Waals surface area (Å²) in [5, 5.41) is 11.5. The molecule has 1 aromatic carbocycles. The lowest BCUT2D eigenvalue weighted by atomic mass is 10.0. The Bertz CT molecular complexity index is 429. The first kappa shape index (κ1) is 15.2. The van der Waals surface area contributed by atoms with Gasteiger partial charge in [-0.25, -0.2) is 0 Å². The Balaban J connectivity index is 2.65. The summed E-state index contributed by atoms with van der Waals surface area (Å²) >= 11 is 2.06. The summed E-state index contributed by atoms with van der Waals surface area (Å²) in [6.45, 7) is 0.570. The van der Waals surface area contributed by atoms with Gasteiger partial charge in [-0.2, -0.15) is 13.2 Å². The molecule has 0 aliphatic heterocycles. The van der Waals surface area contributed by atoms with Crippen LogP contribution in [0.2, 0.25) is 0 Å². The fourth-order valence-electron chi connectivity index (χ4n) is 1.15. The molecule has 1 amide bonds. The molecule has 0 fully saturated rings. The third-order valence-corrected chi connectivity index (χ3v) is 2.96. The van der Waals surface area contributed by atoms with E-state index < -0.39 is 24.1 Å². The van der Waals surface area contributed by atoms with E-state index in [1.165, 1.54) is 0 Å². The molecule has 7 heteroatoms. The monoisotopic (exact) mass is 373 g/mol. The molecule has 18 heavy (non-hydrogen) atoms. The molecule has 0 spiro atoms. The zero-order valence-electron chi connectivity index (χ0n) is 9.38. The summed E-state index contributed by atoms with van der Waals surface area (Å²) in [7, 11) is 0. The number of halogens is 4. The first-order chi connectivity index (χ1) is 8.12. The van der Waals surface area contributed by atoms with Gasteiger partial charge >= 0.3 is 6.18 Å². The van der Waals surface area contributed by atoms with Gasteiger partial charge in [0.05, 0.1) is 6.42 Å². The smallest absolute Gasteiger partial charge is 0.380 e. The third kappa shape index (κ3) is 4.13. The number of nitrogens with one attached hydrogen (secondary N) is 1. The van der Waals surface area contributed by atoms with E-state index in [1.807, 2.05) is 0 Å². The third-order valence-electron chi connectivity index (χ3n) is 2.24. The Labute approximate surface area is 116 Å². The van der Waals surface area contributed by atoms with Crippen molar-refractivity contribution in [1.29, 1.82) is 0 Å². The van der Waals surface area contributed by atoms with E-state index in [1.54, 1.807) is 24.3 Å². The van der Waals surface area contributed by atoms with Gasteiger partial charge in [-0.3, -0.25) is 4.79 Å². The van der Waals surface area contributed by atoms with Crippen molar-refractivity contribution in [3.8, 4) is 0 Å².